The minimum absolute atomic E-state index is 0.0481. The maximum atomic E-state index is 11.2. The zero-order chi connectivity index (χ0) is 13.4. The number of carbonyl (C=O) groups excluding carboxylic acids is 1. The van der Waals surface area contributed by atoms with Crippen LogP contribution in [0.1, 0.15) is 6.42 Å². The maximum Gasteiger partial charge on any atom is 0.309 e. The van der Waals surface area contributed by atoms with Crippen molar-refractivity contribution >= 4 is 11.7 Å². The number of para-hydroxylation sites is 2. The number of hydrogen-bond acceptors (Lipinski definition) is 6. The quantitative estimate of drug-likeness (QED) is 0.466. The van der Waals surface area contributed by atoms with Crippen molar-refractivity contribution in [2.45, 2.75) is 12.5 Å². The fourth-order valence-electron chi connectivity index (χ4n) is 1.17. The zero-order valence-electron chi connectivity index (χ0n) is 9.91. The lowest BCUT2D eigenvalue weighted by Crippen LogP contribution is -2.22. The minimum Gasteiger partial charge on any atom is -0.491 e. The van der Waals surface area contributed by atoms with Crippen LogP contribution in [0.2, 0.25) is 0 Å². The molecule has 0 saturated carbocycles. The topological polar surface area (TPSA) is 102 Å². The first-order valence-electron chi connectivity index (χ1n) is 5.55. The van der Waals surface area contributed by atoms with Crippen LogP contribution in [-0.2, 0) is 9.53 Å². The number of hydrogen-bond donors (Lipinski definition) is 3. The largest absolute Gasteiger partial charge is 0.491 e. The molecule has 6 nitrogen and oxygen atoms in total. The lowest BCUT2D eigenvalue weighted by Gasteiger charge is -2.10. The predicted molar refractivity (Wildman–Crippen MR) is 65.0 cm³/mol. The highest BCUT2D eigenvalue weighted by molar-refractivity contribution is 5.69. The maximum absolute atomic E-state index is 11.2. The van der Waals surface area contributed by atoms with Gasteiger partial charge in [0.05, 0.1) is 25.3 Å². The molecule has 1 aromatic carbocycles. The van der Waals surface area contributed by atoms with Gasteiger partial charge in [-0.3, -0.25) is 4.79 Å². The number of aliphatic hydroxyl groups is 2. The van der Waals surface area contributed by atoms with Crippen molar-refractivity contribution in [1.29, 1.82) is 0 Å². The van der Waals surface area contributed by atoms with Crippen molar-refractivity contribution in [2.75, 3.05) is 25.6 Å². The van der Waals surface area contributed by atoms with E-state index in [1.807, 2.05) is 0 Å². The predicted octanol–water partition coefficient (Wildman–Crippen LogP) is -0.0659. The summed E-state index contributed by atoms with van der Waals surface area (Å²) in [6.07, 6.45) is -0.994. The third-order valence-corrected chi connectivity index (χ3v) is 2.13. The third kappa shape index (κ3) is 5.03. The van der Waals surface area contributed by atoms with E-state index in [9.17, 15) is 4.79 Å². The first kappa shape index (κ1) is 14.3. The summed E-state index contributed by atoms with van der Waals surface area (Å²) in [6.45, 7) is -0.518. The Kier molecular flexibility index (Phi) is 5.96. The van der Waals surface area contributed by atoms with Gasteiger partial charge in [-0.15, -0.1) is 0 Å². The molecule has 6 heteroatoms. The second kappa shape index (κ2) is 7.52. The Bertz CT molecular complexity index is 382. The Morgan fingerprint density at radius 3 is 2.78 bits per heavy atom. The number of nitrogen functional groups attached to an aromatic ring is 1. The molecule has 1 atom stereocenters. The van der Waals surface area contributed by atoms with E-state index < -0.39 is 18.7 Å². The van der Waals surface area contributed by atoms with E-state index in [2.05, 4.69) is 0 Å². The van der Waals surface area contributed by atoms with Crippen LogP contribution in [0.15, 0.2) is 24.3 Å². The smallest absolute Gasteiger partial charge is 0.309 e. The molecule has 0 spiro atoms. The summed E-state index contributed by atoms with van der Waals surface area (Å²) in [4.78, 5) is 11.2. The van der Waals surface area contributed by atoms with Crippen molar-refractivity contribution in [2.24, 2.45) is 0 Å². The van der Waals surface area contributed by atoms with Crippen LogP contribution in [0, 0.1) is 0 Å². The fraction of sp³-hybridized carbons (Fsp3) is 0.417. The van der Waals surface area contributed by atoms with E-state index in [-0.39, 0.29) is 19.6 Å². The van der Waals surface area contributed by atoms with Gasteiger partial charge in [-0.2, -0.15) is 0 Å². The molecule has 1 unspecified atom stereocenters. The van der Waals surface area contributed by atoms with Gasteiger partial charge in [0.1, 0.15) is 18.5 Å². The molecule has 0 radical (unpaired) electrons. The molecule has 0 aliphatic rings. The highest BCUT2D eigenvalue weighted by Gasteiger charge is 2.08. The molecule has 0 bridgehead atoms. The van der Waals surface area contributed by atoms with E-state index in [0.29, 0.717) is 11.4 Å². The molecular weight excluding hydrogens is 238 g/mol. The normalized spacial score (nSPS) is 11.9. The monoisotopic (exact) mass is 255 g/mol. The Balaban J connectivity index is 2.22. The number of carbonyl (C=O) groups is 1. The SMILES string of the molecule is Nc1ccccc1OCCC(=O)OCC(O)CO. The summed E-state index contributed by atoms with van der Waals surface area (Å²) in [6, 6.07) is 6.97. The van der Waals surface area contributed by atoms with Gasteiger partial charge in [0, 0.05) is 0 Å². The molecule has 0 aliphatic heterocycles. The molecule has 1 aromatic rings. The van der Waals surface area contributed by atoms with Crippen molar-refractivity contribution in [3.8, 4) is 5.75 Å². The molecule has 0 amide bonds. The molecular formula is C12H17NO5. The average Bonchev–Trinajstić information content (AvgIpc) is 2.38. The summed E-state index contributed by atoms with van der Waals surface area (Å²) in [5.74, 6) is 0.0118. The van der Waals surface area contributed by atoms with Gasteiger partial charge >= 0.3 is 5.97 Å². The standard InChI is InChI=1S/C12H17NO5/c13-10-3-1-2-4-11(10)17-6-5-12(16)18-8-9(15)7-14/h1-4,9,14-15H,5-8,13H2. The third-order valence-electron chi connectivity index (χ3n) is 2.13. The zero-order valence-corrected chi connectivity index (χ0v) is 9.91. The lowest BCUT2D eigenvalue weighted by atomic mass is 10.3. The molecule has 0 aliphatic carbocycles. The van der Waals surface area contributed by atoms with Crippen molar-refractivity contribution in [3.05, 3.63) is 24.3 Å². The molecule has 0 saturated heterocycles. The van der Waals surface area contributed by atoms with E-state index >= 15 is 0 Å². The van der Waals surface area contributed by atoms with Gasteiger partial charge in [0.15, 0.2) is 0 Å². The summed E-state index contributed by atoms with van der Waals surface area (Å²) in [5, 5.41) is 17.5. The highest BCUT2D eigenvalue weighted by atomic mass is 16.5. The number of ether oxygens (including phenoxy) is 2. The van der Waals surface area contributed by atoms with Crippen LogP contribution in [0.4, 0.5) is 5.69 Å². The van der Waals surface area contributed by atoms with Crippen LogP contribution in [0.25, 0.3) is 0 Å². The van der Waals surface area contributed by atoms with Crippen molar-refractivity contribution in [1.82, 2.24) is 0 Å². The van der Waals surface area contributed by atoms with Gasteiger partial charge in [-0.25, -0.2) is 0 Å². The first-order valence-corrected chi connectivity index (χ1v) is 5.55. The van der Waals surface area contributed by atoms with Crippen LogP contribution in [0.3, 0.4) is 0 Å². The van der Waals surface area contributed by atoms with Gasteiger partial charge in [0.25, 0.3) is 0 Å². The number of anilines is 1. The van der Waals surface area contributed by atoms with Gasteiger partial charge in [-0.1, -0.05) is 12.1 Å². The molecule has 4 N–H and O–H groups in total. The lowest BCUT2D eigenvalue weighted by molar-refractivity contribution is -0.147. The molecule has 0 aromatic heterocycles. The van der Waals surface area contributed by atoms with E-state index in [0.717, 1.165) is 0 Å². The molecule has 0 heterocycles. The molecule has 0 fully saturated rings. The Morgan fingerprint density at radius 1 is 1.39 bits per heavy atom. The van der Waals surface area contributed by atoms with E-state index in [4.69, 9.17) is 25.4 Å². The second-order valence-corrected chi connectivity index (χ2v) is 3.66. The Morgan fingerprint density at radius 2 is 2.11 bits per heavy atom. The number of benzene rings is 1. The Hall–Kier alpha value is -1.79. The van der Waals surface area contributed by atoms with Crippen molar-refractivity contribution in [3.63, 3.8) is 0 Å². The number of nitrogens with two attached hydrogens (primary N) is 1. The summed E-state index contributed by atoms with van der Waals surface area (Å²) in [5.41, 5.74) is 6.15. The number of rotatable bonds is 7. The summed E-state index contributed by atoms with van der Waals surface area (Å²) >= 11 is 0. The van der Waals surface area contributed by atoms with E-state index in [1.165, 1.54) is 0 Å². The van der Waals surface area contributed by atoms with Crippen LogP contribution < -0.4 is 10.5 Å². The highest BCUT2D eigenvalue weighted by Crippen LogP contribution is 2.19. The molecule has 18 heavy (non-hydrogen) atoms. The van der Waals surface area contributed by atoms with Gasteiger partial charge in [-0.05, 0) is 12.1 Å². The number of esters is 1. The van der Waals surface area contributed by atoms with Crippen LogP contribution in [0.5, 0.6) is 5.75 Å². The minimum atomic E-state index is -1.04. The van der Waals surface area contributed by atoms with E-state index in [1.54, 1.807) is 24.3 Å². The first-order chi connectivity index (χ1) is 8.63. The molecule has 100 valence electrons. The van der Waals surface area contributed by atoms with Crippen LogP contribution in [-0.4, -0.2) is 42.1 Å². The van der Waals surface area contributed by atoms with Crippen molar-refractivity contribution < 1.29 is 24.5 Å². The summed E-state index contributed by atoms with van der Waals surface area (Å²) in [7, 11) is 0. The van der Waals surface area contributed by atoms with Crippen LogP contribution >= 0.6 is 0 Å². The second-order valence-electron chi connectivity index (χ2n) is 3.66. The van der Waals surface area contributed by atoms with Gasteiger partial charge in [0.2, 0.25) is 0 Å². The van der Waals surface area contributed by atoms with Gasteiger partial charge < -0.3 is 25.4 Å². The molecule has 1 rings (SSSR count). The fourth-order valence-corrected chi connectivity index (χ4v) is 1.17. The summed E-state index contributed by atoms with van der Waals surface area (Å²) < 4.78 is 10.0. The Labute approximate surface area is 105 Å². The average molecular weight is 255 g/mol. The number of aliphatic hydroxyl groups excluding tert-OH is 2.